The van der Waals surface area contributed by atoms with Gasteiger partial charge in [0.15, 0.2) is 0 Å². The standard InChI is InChI=1S/C12H8N2.C6H5FN2O4.BF4.Cu/c1-3-9-5-6-10-4-2-8-14-12(10)11(9)13-7-1;7-3-1-9(2-4(10)11)6(13)8-5(3)12;2-1(3,4)5;/h1-8H;1H,2H2,(H,10,11)(H,8,12,13);;/q;;-1;+1. The Labute approximate surface area is 191 Å². The number of halogens is 5. The number of nitrogens with zero attached hydrogens (tertiary/aromatic N) is 3. The van der Waals surface area contributed by atoms with E-state index in [-0.39, 0.29) is 17.1 Å². The van der Waals surface area contributed by atoms with Gasteiger partial charge in [-0.25, -0.2) is 4.79 Å². The van der Waals surface area contributed by atoms with Crippen molar-refractivity contribution in [3.8, 4) is 0 Å². The van der Waals surface area contributed by atoms with E-state index in [9.17, 15) is 36.0 Å². The molecular formula is C18H13BCuF5N4O4. The Bertz CT molecular complexity index is 1300. The molecule has 0 amide bonds. The monoisotopic (exact) mass is 518 g/mol. The van der Waals surface area contributed by atoms with Gasteiger partial charge in [0.1, 0.15) is 6.54 Å². The summed E-state index contributed by atoms with van der Waals surface area (Å²) in [5.74, 6) is -2.49. The number of hydrogen-bond acceptors (Lipinski definition) is 5. The second-order valence-electron chi connectivity index (χ2n) is 5.97. The largest absolute Gasteiger partial charge is 1.00 e. The van der Waals surface area contributed by atoms with Crippen molar-refractivity contribution in [1.82, 2.24) is 19.5 Å². The molecule has 0 spiro atoms. The van der Waals surface area contributed by atoms with E-state index in [0.717, 1.165) is 21.8 Å². The van der Waals surface area contributed by atoms with Crippen molar-refractivity contribution in [3.05, 3.63) is 81.6 Å². The molecule has 4 rings (SSSR count). The number of carboxylic acid groups (broad SMARTS) is 1. The van der Waals surface area contributed by atoms with Crippen LogP contribution in [0.2, 0.25) is 0 Å². The average molecular weight is 519 g/mol. The van der Waals surface area contributed by atoms with Crippen LogP contribution in [0.25, 0.3) is 21.8 Å². The first-order valence-electron chi connectivity index (χ1n) is 8.62. The third kappa shape index (κ3) is 8.82. The second kappa shape index (κ2) is 11.9. The molecule has 33 heavy (non-hydrogen) atoms. The molecule has 1 aromatic carbocycles. The van der Waals surface area contributed by atoms with Crippen LogP contribution in [-0.4, -0.2) is 37.8 Å². The Kier molecular flexibility index (Phi) is 9.88. The summed E-state index contributed by atoms with van der Waals surface area (Å²) < 4.78 is 52.1. The zero-order chi connectivity index (χ0) is 23.9. The first kappa shape index (κ1) is 27.5. The van der Waals surface area contributed by atoms with E-state index < -0.39 is 36.8 Å². The molecule has 3 heterocycles. The zero-order valence-corrected chi connectivity index (χ0v) is 17.1. The number of nitrogens with one attached hydrogen (secondary N) is 1. The Morgan fingerprint density at radius 1 is 0.970 bits per heavy atom. The summed E-state index contributed by atoms with van der Waals surface area (Å²) in [5, 5.41) is 10.6. The average Bonchev–Trinajstić information content (AvgIpc) is 2.71. The molecule has 0 fully saturated rings. The van der Waals surface area contributed by atoms with Crippen LogP contribution in [0.15, 0.2) is 64.6 Å². The van der Waals surface area contributed by atoms with Crippen LogP contribution < -0.4 is 11.2 Å². The van der Waals surface area contributed by atoms with Gasteiger partial charge in [0.25, 0.3) is 5.56 Å². The minimum absolute atomic E-state index is 0. The van der Waals surface area contributed by atoms with Gasteiger partial charge < -0.3 is 22.4 Å². The first-order valence-corrected chi connectivity index (χ1v) is 8.62. The maximum Gasteiger partial charge on any atom is 1.00 e. The number of benzene rings is 1. The Morgan fingerprint density at radius 3 is 1.85 bits per heavy atom. The van der Waals surface area contributed by atoms with E-state index in [4.69, 9.17) is 5.11 Å². The van der Waals surface area contributed by atoms with Crippen LogP contribution in [0.1, 0.15) is 0 Å². The third-order valence-corrected chi connectivity index (χ3v) is 3.62. The van der Waals surface area contributed by atoms with Crippen LogP contribution in [0.4, 0.5) is 21.7 Å². The second-order valence-corrected chi connectivity index (χ2v) is 5.97. The molecule has 0 unspecified atom stereocenters. The van der Waals surface area contributed by atoms with Crippen molar-refractivity contribution in [2.45, 2.75) is 6.54 Å². The number of aromatic nitrogens is 4. The summed E-state index contributed by atoms with van der Waals surface area (Å²) in [6.07, 6.45) is 4.15. The molecule has 3 aromatic heterocycles. The van der Waals surface area contributed by atoms with Gasteiger partial charge in [-0.2, -0.15) is 4.39 Å². The normalized spacial score (nSPS) is 10.3. The predicted octanol–water partition coefficient (Wildman–Crippen LogP) is 2.84. The summed E-state index contributed by atoms with van der Waals surface area (Å²) in [5.41, 5.74) is -0.156. The molecule has 2 N–H and O–H groups in total. The van der Waals surface area contributed by atoms with Crippen molar-refractivity contribution in [2.75, 3.05) is 0 Å². The van der Waals surface area contributed by atoms with E-state index in [0.29, 0.717) is 10.8 Å². The number of aliphatic carboxylic acids is 1. The zero-order valence-electron chi connectivity index (χ0n) is 16.2. The van der Waals surface area contributed by atoms with Gasteiger partial charge in [-0.05, 0) is 12.1 Å². The van der Waals surface area contributed by atoms with Gasteiger partial charge in [-0.3, -0.25) is 29.1 Å². The molecule has 0 aliphatic rings. The van der Waals surface area contributed by atoms with Crippen LogP contribution in [0.3, 0.4) is 0 Å². The van der Waals surface area contributed by atoms with E-state index in [1.54, 1.807) is 17.4 Å². The van der Waals surface area contributed by atoms with Gasteiger partial charge in [0.05, 0.1) is 17.2 Å². The van der Waals surface area contributed by atoms with Gasteiger partial charge in [0.2, 0.25) is 5.82 Å². The van der Waals surface area contributed by atoms with Crippen molar-refractivity contribution in [3.63, 3.8) is 0 Å². The molecule has 8 nitrogen and oxygen atoms in total. The smallest absolute Gasteiger partial charge is 0.480 e. The molecule has 4 aromatic rings. The molecule has 0 saturated carbocycles. The number of rotatable bonds is 2. The van der Waals surface area contributed by atoms with Crippen molar-refractivity contribution in [1.29, 1.82) is 0 Å². The van der Waals surface area contributed by atoms with E-state index >= 15 is 0 Å². The fourth-order valence-electron chi connectivity index (χ4n) is 2.43. The molecule has 0 aliphatic heterocycles. The number of carbonyl (C=O) groups is 1. The summed E-state index contributed by atoms with van der Waals surface area (Å²) in [4.78, 5) is 41.8. The molecule has 0 aliphatic carbocycles. The minimum atomic E-state index is -6.00. The van der Waals surface area contributed by atoms with Crippen LogP contribution in [0, 0.1) is 5.82 Å². The summed E-state index contributed by atoms with van der Waals surface area (Å²) in [6.45, 7) is -0.688. The molecule has 0 atom stereocenters. The maximum atomic E-state index is 12.5. The number of H-pyrrole nitrogens is 1. The minimum Gasteiger partial charge on any atom is -0.480 e. The fourth-order valence-corrected chi connectivity index (χ4v) is 2.43. The molecule has 0 bridgehead atoms. The topological polar surface area (TPSA) is 118 Å². The number of aromatic amines is 1. The summed E-state index contributed by atoms with van der Waals surface area (Å²) in [7, 11) is -6.00. The van der Waals surface area contributed by atoms with Gasteiger partial charge in [0, 0.05) is 23.2 Å². The van der Waals surface area contributed by atoms with Crippen LogP contribution >= 0.6 is 0 Å². The Balaban J connectivity index is 0.000000270. The SMILES string of the molecule is F[B-](F)(F)F.O=C(O)Cn1cc(F)c(=O)[nH]c1=O.[Cu+].c1cnc2c(c1)ccc1cccnc12. The quantitative estimate of drug-likeness (QED) is 0.239. The molecule has 178 valence electrons. The van der Waals surface area contributed by atoms with Crippen LogP contribution in [0.5, 0.6) is 0 Å². The number of carboxylic acids is 1. The van der Waals surface area contributed by atoms with Gasteiger partial charge >= 0.3 is 36.0 Å². The number of fused-ring (bicyclic) bond motifs is 3. The molecule has 15 heteroatoms. The van der Waals surface area contributed by atoms with Gasteiger partial charge in [-0.1, -0.05) is 24.3 Å². The third-order valence-electron chi connectivity index (χ3n) is 3.62. The van der Waals surface area contributed by atoms with E-state index in [1.165, 1.54) is 0 Å². The Morgan fingerprint density at radius 2 is 1.42 bits per heavy atom. The van der Waals surface area contributed by atoms with Crippen molar-refractivity contribution in [2.24, 2.45) is 0 Å². The number of pyridine rings is 2. The molecule has 0 saturated heterocycles. The van der Waals surface area contributed by atoms with E-state index in [2.05, 4.69) is 34.2 Å². The predicted molar refractivity (Wildman–Crippen MR) is 106 cm³/mol. The van der Waals surface area contributed by atoms with E-state index in [1.807, 2.05) is 12.1 Å². The van der Waals surface area contributed by atoms with Crippen molar-refractivity contribution >= 4 is 35.0 Å². The van der Waals surface area contributed by atoms with Crippen LogP contribution in [-0.2, 0) is 28.4 Å². The fraction of sp³-hybridized carbons (Fsp3) is 0.0556. The molecular weight excluding hydrogens is 506 g/mol. The Hall–Kier alpha value is -3.58. The number of hydrogen-bond donors (Lipinski definition) is 2. The molecule has 0 radical (unpaired) electrons. The van der Waals surface area contributed by atoms with Crippen molar-refractivity contribution < 1.29 is 48.6 Å². The summed E-state index contributed by atoms with van der Waals surface area (Å²) >= 11 is 0. The maximum absolute atomic E-state index is 12.5. The van der Waals surface area contributed by atoms with Gasteiger partial charge in [-0.15, -0.1) is 0 Å². The summed E-state index contributed by atoms with van der Waals surface area (Å²) in [6, 6.07) is 12.1. The first-order chi connectivity index (χ1) is 15.0.